The monoisotopic (exact) mass is 227 g/mol. The lowest BCUT2D eigenvalue weighted by Gasteiger charge is -2.23. The molecule has 2 heteroatoms. The molecule has 2 nitrogen and oxygen atoms in total. The van der Waals surface area contributed by atoms with Gasteiger partial charge in [-0.25, -0.2) is 0 Å². The number of nitrogens with one attached hydrogen (secondary N) is 1. The van der Waals surface area contributed by atoms with Crippen molar-refractivity contribution in [1.82, 2.24) is 5.32 Å². The third kappa shape index (κ3) is 10.0. The van der Waals surface area contributed by atoms with Crippen molar-refractivity contribution < 1.29 is 4.79 Å². The van der Waals surface area contributed by atoms with Gasteiger partial charge in [-0.05, 0) is 20.3 Å². The third-order valence-corrected chi connectivity index (χ3v) is 3.10. The molecule has 1 N–H and O–H groups in total. The van der Waals surface area contributed by atoms with Crippen molar-refractivity contribution in [3.05, 3.63) is 0 Å². The van der Waals surface area contributed by atoms with Gasteiger partial charge in [-0.1, -0.05) is 58.3 Å². The number of amides is 1. The summed E-state index contributed by atoms with van der Waals surface area (Å²) in [4.78, 5) is 10.3. The number of hydrogen-bond donors (Lipinski definition) is 1. The average molecular weight is 227 g/mol. The molecule has 0 saturated heterocycles. The van der Waals surface area contributed by atoms with Crippen LogP contribution in [0.4, 0.5) is 0 Å². The molecule has 0 aromatic heterocycles. The highest BCUT2D eigenvalue weighted by atomic mass is 16.1. The van der Waals surface area contributed by atoms with Crippen LogP contribution in [-0.4, -0.2) is 11.9 Å². The van der Waals surface area contributed by atoms with Gasteiger partial charge in [0.25, 0.3) is 0 Å². The van der Waals surface area contributed by atoms with E-state index >= 15 is 0 Å². The van der Waals surface area contributed by atoms with E-state index in [4.69, 9.17) is 0 Å². The molecule has 0 rings (SSSR count). The molecule has 0 spiro atoms. The van der Waals surface area contributed by atoms with Crippen molar-refractivity contribution in [3.8, 4) is 0 Å². The Morgan fingerprint density at radius 3 is 1.94 bits per heavy atom. The fourth-order valence-electron chi connectivity index (χ4n) is 1.93. The first-order valence-electron chi connectivity index (χ1n) is 6.84. The number of unbranched alkanes of at least 4 members (excludes halogenated alkanes) is 7. The summed E-state index contributed by atoms with van der Waals surface area (Å²) >= 11 is 0. The van der Waals surface area contributed by atoms with Crippen molar-refractivity contribution in [2.45, 2.75) is 84.1 Å². The summed E-state index contributed by atoms with van der Waals surface area (Å²) in [5.74, 6) is 0. The van der Waals surface area contributed by atoms with Crippen LogP contribution in [0.15, 0.2) is 0 Å². The molecule has 0 aliphatic carbocycles. The van der Waals surface area contributed by atoms with Crippen LogP contribution >= 0.6 is 0 Å². The standard InChI is InChI=1S/C14H29NO/c1-4-5-6-7-8-9-10-11-12-14(2,3)15-13-16/h13H,4-12H2,1-3H3,(H,15,16). The molecule has 0 bridgehead atoms. The SMILES string of the molecule is CCCCCCCCCCC(C)(C)NC=O. The molecule has 0 fully saturated rings. The fourth-order valence-corrected chi connectivity index (χ4v) is 1.93. The normalized spacial score (nSPS) is 11.4. The predicted molar refractivity (Wildman–Crippen MR) is 70.5 cm³/mol. The number of carbonyl (C=O) groups is 1. The van der Waals surface area contributed by atoms with Crippen LogP contribution in [0.5, 0.6) is 0 Å². The Hall–Kier alpha value is -0.530. The van der Waals surface area contributed by atoms with Crippen molar-refractivity contribution >= 4 is 6.41 Å². The zero-order valence-electron chi connectivity index (χ0n) is 11.3. The molecule has 16 heavy (non-hydrogen) atoms. The number of rotatable bonds is 11. The second-order valence-electron chi connectivity index (χ2n) is 5.37. The van der Waals surface area contributed by atoms with Gasteiger partial charge in [0.15, 0.2) is 0 Å². The Balaban J connectivity index is 3.23. The summed E-state index contributed by atoms with van der Waals surface area (Å²) < 4.78 is 0. The van der Waals surface area contributed by atoms with Crippen LogP contribution in [0.1, 0.15) is 78.6 Å². The van der Waals surface area contributed by atoms with Gasteiger partial charge in [-0.15, -0.1) is 0 Å². The maximum atomic E-state index is 10.3. The molecule has 0 aromatic carbocycles. The van der Waals surface area contributed by atoms with Gasteiger partial charge in [0, 0.05) is 5.54 Å². The first-order valence-corrected chi connectivity index (χ1v) is 6.84. The smallest absolute Gasteiger partial charge is 0.207 e. The Kier molecular flexibility index (Phi) is 9.36. The van der Waals surface area contributed by atoms with E-state index in [1.54, 1.807) is 0 Å². The van der Waals surface area contributed by atoms with Crippen molar-refractivity contribution in [2.24, 2.45) is 0 Å². The highest BCUT2D eigenvalue weighted by Gasteiger charge is 2.14. The highest BCUT2D eigenvalue weighted by Crippen LogP contribution is 2.15. The van der Waals surface area contributed by atoms with E-state index in [1.807, 2.05) is 0 Å². The van der Waals surface area contributed by atoms with Crippen LogP contribution in [0.3, 0.4) is 0 Å². The van der Waals surface area contributed by atoms with Crippen molar-refractivity contribution in [3.63, 3.8) is 0 Å². The van der Waals surface area contributed by atoms with Crippen LogP contribution < -0.4 is 5.32 Å². The van der Waals surface area contributed by atoms with Crippen LogP contribution in [0.2, 0.25) is 0 Å². The largest absolute Gasteiger partial charge is 0.354 e. The summed E-state index contributed by atoms with van der Waals surface area (Å²) in [5.41, 5.74) is -0.0238. The minimum absolute atomic E-state index is 0.0238. The zero-order chi connectivity index (χ0) is 12.3. The van der Waals surface area contributed by atoms with E-state index in [-0.39, 0.29) is 5.54 Å². The molecule has 0 aliphatic rings. The van der Waals surface area contributed by atoms with Crippen molar-refractivity contribution in [1.29, 1.82) is 0 Å². The lowest BCUT2D eigenvalue weighted by atomic mass is 9.96. The molecule has 96 valence electrons. The van der Waals surface area contributed by atoms with E-state index in [0.29, 0.717) is 0 Å². The molecule has 0 unspecified atom stereocenters. The Labute approximate surface area is 101 Å². The summed E-state index contributed by atoms with van der Waals surface area (Å²) in [6.45, 7) is 6.42. The molecule has 0 aromatic rings. The molecule has 1 amide bonds. The first kappa shape index (κ1) is 15.5. The predicted octanol–water partition coefficient (Wildman–Crippen LogP) is 4.04. The molecular formula is C14H29NO. The second-order valence-corrected chi connectivity index (χ2v) is 5.37. The highest BCUT2D eigenvalue weighted by molar-refractivity contribution is 5.47. The van der Waals surface area contributed by atoms with Gasteiger partial charge < -0.3 is 5.32 Å². The van der Waals surface area contributed by atoms with E-state index in [0.717, 1.165) is 12.8 Å². The topological polar surface area (TPSA) is 29.1 Å². The lowest BCUT2D eigenvalue weighted by molar-refractivity contribution is -0.111. The van der Waals surface area contributed by atoms with E-state index in [1.165, 1.54) is 51.4 Å². The summed E-state index contributed by atoms with van der Waals surface area (Å²) in [5, 5.41) is 2.86. The molecule has 0 heterocycles. The Bertz CT molecular complexity index is 166. The van der Waals surface area contributed by atoms with Gasteiger partial charge >= 0.3 is 0 Å². The van der Waals surface area contributed by atoms with Crippen LogP contribution in [0.25, 0.3) is 0 Å². The second kappa shape index (κ2) is 9.68. The van der Waals surface area contributed by atoms with E-state index in [9.17, 15) is 4.79 Å². The Morgan fingerprint density at radius 1 is 0.938 bits per heavy atom. The molecule has 0 aliphatic heterocycles. The van der Waals surface area contributed by atoms with Crippen molar-refractivity contribution in [2.75, 3.05) is 0 Å². The summed E-state index contributed by atoms with van der Waals surface area (Å²) in [6, 6.07) is 0. The quantitative estimate of drug-likeness (QED) is 0.419. The fraction of sp³-hybridized carbons (Fsp3) is 0.929. The molecule has 0 saturated carbocycles. The van der Waals surface area contributed by atoms with E-state index in [2.05, 4.69) is 26.1 Å². The molecule has 0 radical (unpaired) electrons. The van der Waals surface area contributed by atoms with Gasteiger partial charge in [0.05, 0.1) is 0 Å². The van der Waals surface area contributed by atoms with Gasteiger partial charge in [0.1, 0.15) is 0 Å². The van der Waals surface area contributed by atoms with Gasteiger partial charge in [-0.2, -0.15) is 0 Å². The summed E-state index contributed by atoms with van der Waals surface area (Å²) in [7, 11) is 0. The average Bonchev–Trinajstić information content (AvgIpc) is 2.22. The number of carbonyl (C=O) groups excluding carboxylic acids is 1. The van der Waals surface area contributed by atoms with Crippen LogP contribution in [0, 0.1) is 0 Å². The van der Waals surface area contributed by atoms with Gasteiger partial charge in [-0.3, -0.25) is 4.79 Å². The maximum absolute atomic E-state index is 10.3. The summed E-state index contributed by atoms with van der Waals surface area (Å²) in [6.07, 6.45) is 12.6. The van der Waals surface area contributed by atoms with E-state index < -0.39 is 0 Å². The third-order valence-electron chi connectivity index (χ3n) is 3.10. The maximum Gasteiger partial charge on any atom is 0.207 e. The molecular weight excluding hydrogens is 198 g/mol. The van der Waals surface area contributed by atoms with Gasteiger partial charge in [0.2, 0.25) is 6.41 Å². The lowest BCUT2D eigenvalue weighted by Crippen LogP contribution is -2.37. The molecule has 0 atom stereocenters. The zero-order valence-corrected chi connectivity index (χ0v) is 11.3. The first-order chi connectivity index (χ1) is 7.62. The Morgan fingerprint density at radius 2 is 1.44 bits per heavy atom. The van der Waals surface area contributed by atoms with Crippen LogP contribution in [-0.2, 0) is 4.79 Å². The number of hydrogen-bond acceptors (Lipinski definition) is 1. The minimum atomic E-state index is -0.0238. The minimum Gasteiger partial charge on any atom is -0.354 e.